The molecule has 0 unspecified atom stereocenters. The fourth-order valence-electron chi connectivity index (χ4n) is 0.952. The molecule has 2 nitrogen and oxygen atoms in total. The van der Waals surface area contributed by atoms with E-state index in [1.165, 1.54) is 0 Å². The third-order valence-electron chi connectivity index (χ3n) is 1.52. The predicted octanol–water partition coefficient (Wildman–Crippen LogP) is -1.82. The van der Waals surface area contributed by atoms with Crippen LogP contribution in [0.15, 0.2) is 0 Å². The Morgan fingerprint density at radius 2 is 2.17 bits per heavy atom. The van der Waals surface area contributed by atoms with E-state index in [1.54, 1.807) is 7.11 Å². The van der Waals surface area contributed by atoms with Gasteiger partial charge in [0, 0.05) is 19.7 Å². The van der Waals surface area contributed by atoms with Crippen molar-refractivity contribution in [1.29, 1.82) is 0 Å². The first-order valence-electron chi connectivity index (χ1n) is 3.60. The van der Waals surface area contributed by atoms with Gasteiger partial charge < -0.3 is 34.5 Å². The second-order valence-electron chi connectivity index (χ2n) is 2.36. The summed E-state index contributed by atoms with van der Waals surface area (Å²) in [5, 5.41) is 0. The molecule has 0 spiro atoms. The van der Waals surface area contributed by atoms with Crippen LogP contribution < -0.4 is 29.6 Å². The standard InChI is InChI=1S/C7H15NOS2.Na/c1-4-8(7(10)11)6(2)5-9-3;/h6H,4-5H2,1-3H3,(H,10,11);/q;+1/p-1/t6-;/m1./s1. The van der Waals surface area contributed by atoms with Gasteiger partial charge in [0.2, 0.25) is 0 Å². The zero-order valence-electron chi connectivity index (χ0n) is 8.16. The van der Waals surface area contributed by atoms with E-state index in [9.17, 15) is 0 Å². The van der Waals surface area contributed by atoms with Gasteiger partial charge >= 0.3 is 29.6 Å². The molecule has 0 amide bonds. The van der Waals surface area contributed by atoms with E-state index in [0.29, 0.717) is 10.9 Å². The van der Waals surface area contributed by atoms with Crippen molar-refractivity contribution in [3.05, 3.63) is 0 Å². The molecule has 12 heavy (non-hydrogen) atoms. The van der Waals surface area contributed by atoms with Gasteiger partial charge in [0.05, 0.1) is 6.61 Å². The maximum absolute atomic E-state index is 4.99. The summed E-state index contributed by atoms with van der Waals surface area (Å²) >= 11 is 9.78. The van der Waals surface area contributed by atoms with Crippen LogP contribution in [0, 0.1) is 0 Å². The number of likely N-dealkylation sites (N-methyl/N-ethyl adjacent to an activating group) is 1. The number of hydrogen-bond donors (Lipinski definition) is 0. The van der Waals surface area contributed by atoms with Crippen LogP contribution in [0.4, 0.5) is 0 Å². The fraction of sp³-hybridized carbons (Fsp3) is 0.857. The smallest absolute Gasteiger partial charge is 0.411 e. The summed E-state index contributed by atoms with van der Waals surface area (Å²) in [6, 6.07) is 0.287. The summed E-state index contributed by atoms with van der Waals surface area (Å²) in [6.07, 6.45) is 0. The van der Waals surface area contributed by atoms with Crippen molar-refractivity contribution in [2.45, 2.75) is 19.9 Å². The molecule has 0 N–H and O–H groups in total. The summed E-state index contributed by atoms with van der Waals surface area (Å²) < 4.78 is 5.51. The summed E-state index contributed by atoms with van der Waals surface area (Å²) in [5.41, 5.74) is 0. The second kappa shape index (κ2) is 8.66. The van der Waals surface area contributed by atoms with Gasteiger partial charge in [-0.15, -0.1) is 0 Å². The third kappa shape index (κ3) is 5.67. The van der Waals surface area contributed by atoms with Crippen LogP contribution in [0.5, 0.6) is 0 Å². The molecule has 0 saturated carbocycles. The molecule has 5 heteroatoms. The maximum Gasteiger partial charge on any atom is 1.00 e. The Bertz CT molecular complexity index is 135. The van der Waals surface area contributed by atoms with E-state index < -0.39 is 0 Å². The van der Waals surface area contributed by atoms with E-state index in [0.717, 1.165) is 6.54 Å². The van der Waals surface area contributed by atoms with E-state index >= 15 is 0 Å². The molecule has 0 radical (unpaired) electrons. The Kier molecular flexibility index (Phi) is 11.2. The zero-order chi connectivity index (χ0) is 8.85. The molecule has 0 fully saturated rings. The van der Waals surface area contributed by atoms with E-state index in [2.05, 4.69) is 0 Å². The molecule has 0 aromatic rings. The number of methoxy groups -OCH3 is 1. The van der Waals surface area contributed by atoms with E-state index in [4.69, 9.17) is 29.6 Å². The van der Waals surface area contributed by atoms with Crippen LogP contribution in [-0.4, -0.2) is 35.5 Å². The molecular weight excluding hydrogens is 201 g/mol. The van der Waals surface area contributed by atoms with Crippen molar-refractivity contribution in [1.82, 2.24) is 4.90 Å². The Labute approximate surface area is 108 Å². The quantitative estimate of drug-likeness (QED) is 0.311. The molecule has 0 aliphatic heterocycles. The predicted molar refractivity (Wildman–Crippen MR) is 53.7 cm³/mol. The van der Waals surface area contributed by atoms with Crippen molar-refractivity contribution in [2.75, 3.05) is 20.3 Å². The average Bonchev–Trinajstić information content (AvgIpc) is 1.88. The number of hydrogen-bond acceptors (Lipinski definition) is 3. The minimum Gasteiger partial charge on any atom is -0.411 e. The Morgan fingerprint density at radius 1 is 1.67 bits per heavy atom. The van der Waals surface area contributed by atoms with E-state index in [1.807, 2.05) is 18.7 Å². The summed E-state index contributed by atoms with van der Waals surface area (Å²) in [6.45, 7) is 5.60. The Balaban J connectivity index is 0. The molecule has 1 atom stereocenters. The molecule has 66 valence electrons. The largest absolute Gasteiger partial charge is 1.00 e. The summed E-state index contributed by atoms with van der Waals surface area (Å²) in [7, 11) is 1.68. The van der Waals surface area contributed by atoms with Crippen molar-refractivity contribution in [3.8, 4) is 0 Å². The molecule has 0 aliphatic carbocycles. The Morgan fingerprint density at radius 3 is 2.42 bits per heavy atom. The van der Waals surface area contributed by atoms with Crippen LogP contribution in [0.3, 0.4) is 0 Å². The molecule has 0 aromatic carbocycles. The number of ether oxygens (including phenoxy) is 1. The monoisotopic (exact) mass is 215 g/mol. The van der Waals surface area contributed by atoms with Gasteiger partial charge in [0.25, 0.3) is 0 Å². The van der Waals surface area contributed by atoms with Crippen LogP contribution >= 0.6 is 12.2 Å². The fourth-order valence-corrected chi connectivity index (χ4v) is 1.57. The molecule has 0 rings (SSSR count). The number of thiocarbonyl (C=S) groups is 1. The average molecular weight is 215 g/mol. The summed E-state index contributed by atoms with van der Waals surface area (Å²) in [5.74, 6) is 0. The van der Waals surface area contributed by atoms with Gasteiger partial charge in [0.15, 0.2) is 0 Å². The van der Waals surface area contributed by atoms with Gasteiger partial charge in [-0.25, -0.2) is 0 Å². The Hall–Kier alpha value is 1.07. The van der Waals surface area contributed by atoms with Crippen molar-refractivity contribution in [3.63, 3.8) is 0 Å². The van der Waals surface area contributed by atoms with Crippen molar-refractivity contribution in [2.24, 2.45) is 0 Å². The van der Waals surface area contributed by atoms with E-state index in [-0.39, 0.29) is 35.6 Å². The van der Waals surface area contributed by atoms with Gasteiger partial charge in [-0.2, -0.15) is 0 Å². The minimum atomic E-state index is 0. The molecular formula is C7H14NNaOS2. The maximum atomic E-state index is 4.99. The SMILES string of the molecule is CCN(C(=S)[S-])[C@H](C)COC.[Na+]. The molecule has 0 heterocycles. The molecule has 0 aromatic heterocycles. The van der Waals surface area contributed by atoms with Gasteiger partial charge in [-0.05, 0) is 13.8 Å². The first kappa shape index (κ1) is 15.5. The van der Waals surface area contributed by atoms with Crippen LogP contribution in [0.25, 0.3) is 0 Å². The molecule has 0 bridgehead atoms. The van der Waals surface area contributed by atoms with Gasteiger partial charge in [-0.1, -0.05) is 4.32 Å². The molecule has 0 saturated heterocycles. The first-order chi connectivity index (χ1) is 5.13. The second-order valence-corrected chi connectivity index (χ2v) is 3.39. The normalized spacial score (nSPS) is 11.6. The van der Waals surface area contributed by atoms with Crippen molar-refractivity contribution >= 4 is 29.2 Å². The zero-order valence-corrected chi connectivity index (χ0v) is 11.8. The number of rotatable bonds is 4. The van der Waals surface area contributed by atoms with Crippen molar-refractivity contribution < 1.29 is 34.3 Å². The summed E-state index contributed by atoms with van der Waals surface area (Å²) in [4.78, 5) is 1.97. The minimum absolute atomic E-state index is 0. The molecule has 0 aliphatic rings. The number of nitrogens with zero attached hydrogens (tertiary/aromatic N) is 1. The third-order valence-corrected chi connectivity index (χ3v) is 1.98. The topological polar surface area (TPSA) is 12.5 Å². The van der Waals surface area contributed by atoms with Crippen LogP contribution in [0.1, 0.15) is 13.8 Å². The first-order valence-corrected chi connectivity index (χ1v) is 4.41. The van der Waals surface area contributed by atoms with Crippen LogP contribution in [0.2, 0.25) is 0 Å². The van der Waals surface area contributed by atoms with Crippen LogP contribution in [-0.2, 0) is 17.4 Å². The van der Waals surface area contributed by atoms with Gasteiger partial charge in [0.1, 0.15) is 0 Å². The van der Waals surface area contributed by atoms with Gasteiger partial charge in [-0.3, -0.25) is 0 Å².